The molecule has 0 N–H and O–H groups in total. The fourth-order valence-electron chi connectivity index (χ4n) is 2.63. The van der Waals surface area contributed by atoms with E-state index in [0.29, 0.717) is 11.0 Å². The van der Waals surface area contributed by atoms with E-state index in [1.54, 1.807) is 4.90 Å². The maximum atomic E-state index is 12.4. The molecular weight excluding hydrogens is 405 g/mol. The third kappa shape index (κ3) is 5.84. The molecule has 1 aromatic rings. The first-order valence-corrected chi connectivity index (χ1v) is 8.18. The molecule has 0 atom stereocenters. The standard InChI is InChI=1S/C15H15F3N4O7/c16-15(17,18)14(24)20-3-1-19(2-4-20)5-6-29-13(23)10-7-11(21(25)26)9-12(8-10)22(27)28/h7-9H,1-6H2. The van der Waals surface area contributed by atoms with Crippen LogP contribution in [0.25, 0.3) is 0 Å². The van der Waals surface area contributed by atoms with Gasteiger partial charge in [0.25, 0.3) is 11.4 Å². The van der Waals surface area contributed by atoms with Gasteiger partial charge < -0.3 is 9.64 Å². The quantitative estimate of drug-likeness (QED) is 0.382. The van der Waals surface area contributed by atoms with Gasteiger partial charge in [0.1, 0.15) is 6.61 Å². The topological polar surface area (TPSA) is 136 Å². The summed E-state index contributed by atoms with van der Waals surface area (Å²) in [5.41, 5.74) is -1.65. The molecule has 1 aliphatic heterocycles. The van der Waals surface area contributed by atoms with Crippen LogP contribution in [0.5, 0.6) is 0 Å². The lowest BCUT2D eigenvalue weighted by atomic mass is 10.2. The fraction of sp³-hybridized carbons (Fsp3) is 0.467. The number of hydrogen-bond acceptors (Lipinski definition) is 8. The normalized spacial score (nSPS) is 15.1. The molecule has 1 saturated heterocycles. The van der Waals surface area contributed by atoms with Gasteiger partial charge in [-0.15, -0.1) is 0 Å². The van der Waals surface area contributed by atoms with Crippen molar-refractivity contribution in [1.29, 1.82) is 0 Å². The van der Waals surface area contributed by atoms with Crippen LogP contribution in [0.4, 0.5) is 24.5 Å². The van der Waals surface area contributed by atoms with E-state index in [-0.39, 0.29) is 44.9 Å². The summed E-state index contributed by atoms with van der Waals surface area (Å²) in [6.07, 6.45) is -4.93. The molecule has 1 heterocycles. The number of halogens is 3. The summed E-state index contributed by atoms with van der Waals surface area (Å²) in [5, 5.41) is 21.7. The molecule has 1 amide bonds. The highest BCUT2D eigenvalue weighted by molar-refractivity contribution is 5.91. The SMILES string of the molecule is O=C(OCCN1CCN(C(=O)C(F)(F)F)CC1)c1cc([N+](=O)[O-])cc([N+](=O)[O-])c1. The second-order valence-electron chi connectivity index (χ2n) is 6.02. The molecule has 0 unspecified atom stereocenters. The van der Waals surface area contributed by atoms with Crippen LogP contribution in [0, 0.1) is 20.2 Å². The Morgan fingerprint density at radius 1 is 1.00 bits per heavy atom. The summed E-state index contributed by atoms with van der Waals surface area (Å²) in [6, 6.07) is 2.40. The summed E-state index contributed by atoms with van der Waals surface area (Å²) in [6.45, 7) is -0.0324. The summed E-state index contributed by atoms with van der Waals surface area (Å²) >= 11 is 0. The number of non-ortho nitro benzene ring substituents is 2. The molecule has 158 valence electrons. The van der Waals surface area contributed by atoms with Gasteiger partial charge in [0.05, 0.1) is 21.5 Å². The first-order valence-electron chi connectivity index (χ1n) is 8.18. The Balaban J connectivity index is 1.87. The number of piperazine rings is 1. The predicted octanol–water partition coefficient (Wildman–Crippen LogP) is 1.37. The van der Waals surface area contributed by atoms with Gasteiger partial charge in [-0.3, -0.25) is 29.9 Å². The molecule has 0 aliphatic carbocycles. The molecule has 2 rings (SSSR count). The van der Waals surface area contributed by atoms with Crippen molar-refractivity contribution in [2.45, 2.75) is 6.18 Å². The lowest BCUT2D eigenvalue weighted by Gasteiger charge is -2.34. The van der Waals surface area contributed by atoms with Crippen molar-refractivity contribution in [3.8, 4) is 0 Å². The van der Waals surface area contributed by atoms with Crippen LogP contribution in [0.15, 0.2) is 18.2 Å². The number of carbonyl (C=O) groups is 2. The van der Waals surface area contributed by atoms with Crippen LogP contribution in [-0.4, -0.2) is 77.0 Å². The highest BCUT2D eigenvalue weighted by Crippen LogP contribution is 2.23. The summed E-state index contributed by atoms with van der Waals surface area (Å²) in [7, 11) is 0. The number of nitro groups is 2. The lowest BCUT2D eigenvalue weighted by molar-refractivity contribution is -0.394. The number of alkyl halides is 3. The summed E-state index contributed by atoms with van der Waals surface area (Å²) < 4.78 is 42.1. The van der Waals surface area contributed by atoms with Crippen molar-refractivity contribution >= 4 is 23.3 Å². The summed E-state index contributed by atoms with van der Waals surface area (Å²) in [4.78, 5) is 45.4. The zero-order chi connectivity index (χ0) is 21.8. The minimum atomic E-state index is -4.93. The zero-order valence-corrected chi connectivity index (χ0v) is 14.8. The van der Waals surface area contributed by atoms with Crippen molar-refractivity contribution in [2.75, 3.05) is 39.3 Å². The van der Waals surface area contributed by atoms with E-state index in [2.05, 4.69) is 0 Å². The molecule has 1 aliphatic rings. The molecule has 0 aromatic heterocycles. The van der Waals surface area contributed by atoms with E-state index in [1.807, 2.05) is 0 Å². The molecule has 11 nitrogen and oxygen atoms in total. The number of ether oxygens (including phenoxy) is 1. The number of rotatable bonds is 6. The van der Waals surface area contributed by atoms with E-state index in [0.717, 1.165) is 12.1 Å². The Labute approximate surface area is 160 Å². The number of amides is 1. The molecule has 0 bridgehead atoms. The Morgan fingerprint density at radius 3 is 1.97 bits per heavy atom. The minimum absolute atomic E-state index is 0.136. The second-order valence-corrected chi connectivity index (χ2v) is 6.02. The van der Waals surface area contributed by atoms with E-state index < -0.39 is 39.3 Å². The highest BCUT2D eigenvalue weighted by Gasteiger charge is 2.43. The van der Waals surface area contributed by atoms with Gasteiger partial charge >= 0.3 is 18.1 Å². The maximum Gasteiger partial charge on any atom is 0.471 e. The number of carbonyl (C=O) groups excluding carboxylic acids is 2. The molecule has 0 radical (unpaired) electrons. The van der Waals surface area contributed by atoms with Crippen molar-refractivity contribution < 1.29 is 37.3 Å². The second kappa shape index (κ2) is 8.81. The highest BCUT2D eigenvalue weighted by atomic mass is 19.4. The molecule has 14 heteroatoms. The average Bonchev–Trinajstić information content (AvgIpc) is 2.66. The van der Waals surface area contributed by atoms with Crippen LogP contribution in [0.3, 0.4) is 0 Å². The third-order valence-corrected chi connectivity index (χ3v) is 4.10. The molecule has 1 fully saturated rings. The third-order valence-electron chi connectivity index (χ3n) is 4.10. The van der Waals surface area contributed by atoms with Crippen molar-refractivity contribution in [3.05, 3.63) is 44.0 Å². The van der Waals surface area contributed by atoms with E-state index in [4.69, 9.17) is 4.74 Å². The summed E-state index contributed by atoms with van der Waals surface area (Å²) in [5.74, 6) is -2.92. The van der Waals surface area contributed by atoms with E-state index in [9.17, 15) is 43.0 Å². The largest absolute Gasteiger partial charge is 0.471 e. The smallest absolute Gasteiger partial charge is 0.461 e. The molecule has 29 heavy (non-hydrogen) atoms. The number of nitro benzene ring substituents is 2. The van der Waals surface area contributed by atoms with Crippen molar-refractivity contribution in [1.82, 2.24) is 9.80 Å². The first kappa shape index (κ1) is 22.0. The van der Waals surface area contributed by atoms with Crippen molar-refractivity contribution in [2.24, 2.45) is 0 Å². The van der Waals surface area contributed by atoms with Crippen LogP contribution in [-0.2, 0) is 9.53 Å². The maximum absolute atomic E-state index is 12.4. The number of benzene rings is 1. The van der Waals surface area contributed by atoms with Gasteiger partial charge in [-0.25, -0.2) is 4.79 Å². The van der Waals surface area contributed by atoms with Gasteiger partial charge in [-0.05, 0) is 0 Å². The van der Waals surface area contributed by atoms with Gasteiger partial charge in [0.15, 0.2) is 0 Å². The molecule has 0 saturated carbocycles. The van der Waals surface area contributed by atoms with Gasteiger partial charge in [0.2, 0.25) is 0 Å². The minimum Gasteiger partial charge on any atom is -0.461 e. The fourth-order valence-corrected chi connectivity index (χ4v) is 2.63. The van der Waals surface area contributed by atoms with Crippen LogP contribution < -0.4 is 0 Å². The average molecular weight is 420 g/mol. The van der Waals surface area contributed by atoms with E-state index >= 15 is 0 Å². The van der Waals surface area contributed by atoms with Gasteiger partial charge in [-0.2, -0.15) is 13.2 Å². The van der Waals surface area contributed by atoms with Crippen LogP contribution in [0.1, 0.15) is 10.4 Å². The lowest BCUT2D eigenvalue weighted by Crippen LogP contribution is -2.52. The Morgan fingerprint density at radius 2 is 1.52 bits per heavy atom. The van der Waals surface area contributed by atoms with Crippen molar-refractivity contribution in [3.63, 3.8) is 0 Å². The van der Waals surface area contributed by atoms with Gasteiger partial charge in [0, 0.05) is 44.9 Å². The predicted molar refractivity (Wildman–Crippen MR) is 89.1 cm³/mol. The van der Waals surface area contributed by atoms with Gasteiger partial charge in [-0.1, -0.05) is 0 Å². The molecular formula is C15H15F3N4O7. The van der Waals surface area contributed by atoms with Crippen LogP contribution >= 0.6 is 0 Å². The Hall–Kier alpha value is -3.29. The van der Waals surface area contributed by atoms with Crippen LogP contribution in [0.2, 0.25) is 0 Å². The zero-order valence-electron chi connectivity index (χ0n) is 14.8. The van der Waals surface area contributed by atoms with E-state index in [1.165, 1.54) is 0 Å². The monoisotopic (exact) mass is 420 g/mol. The molecule has 0 spiro atoms. The molecule has 1 aromatic carbocycles. The Bertz CT molecular complexity index is 790. The number of hydrogen-bond donors (Lipinski definition) is 0. The number of esters is 1. The first-order chi connectivity index (χ1) is 13.5. The number of nitrogens with zero attached hydrogens (tertiary/aromatic N) is 4. The Kier molecular flexibility index (Phi) is 6.68.